The quantitative estimate of drug-likeness (QED) is 0.444. The standard InChI is InChI=1S/C12H16N4O4S/c1-3-20-11(19)7(2)21-12-14-9-8(10(18)15-12)6-13-16(9)4-5-17/h6-7,17H,3-5H2,1-2H3,(H,14,15,18). The fourth-order valence-corrected chi connectivity index (χ4v) is 2.52. The number of aromatic amines is 1. The largest absolute Gasteiger partial charge is 0.465 e. The topological polar surface area (TPSA) is 110 Å². The average Bonchev–Trinajstić information content (AvgIpc) is 2.83. The van der Waals surface area contributed by atoms with Crippen molar-refractivity contribution < 1.29 is 14.6 Å². The van der Waals surface area contributed by atoms with Gasteiger partial charge in [0.25, 0.3) is 5.56 Å². The molecule has 0 saturated carbocycles. The average molecular weight is 312 g/mol. The van der Waals surface area contributed by atoms with Crippen molar-refractivity contribution in [3.63, 3.8) is 0 Å². The molecule has 0 radical (unpaired) electrons. The monoisotopic (exact) mass is 312 g/mol. The van der Waals surface area contributed by atoms with Gasteiger partial charge in [-0.1, -0.05) is 11.8 Å². The van der Waals surface area contributed by atoms with Gasteiger partial charge in [-0.3, -0.25) is 9.59 Å². The summed E-state index contributed by atoms with van der Waals surface area (Å²) in [4.78, 5) is 30.4. The zero-order valence-electron chi connectivity index (χ0n) is 11.7. The van der Waals surface area contributed by atoms with Gasteiger partial charge in [0.1, 0.15) is 10.6 Å². The van der Waals surface area contributed by atoms with Crippen LogP contribution in [-0.2, 0) is 16.1 Å². The Balaban J connectivity index is 2.30. The lowest BCUT2D eigenvalue weighted by Crippen LogP contribution is -2.18. The molecule has 0 bridgehead atoms. The first-order valence-electron chi connectivity index (χ1n) is 6.46. The number of hydrogen-bond donors (Lipinski definition) is 2. The van der Waals surface area contributed by atoms with Crippen molar-refractivity contribution in [2.75, 3.05) is 13.2 Å². The van der Waals surface area contributed by atoms with E-state index < -0.39 is 5.25 Å². The van der Waals surface area contributed by atoms with Crippen molar-refractivity contribution in [2.45, 2.75) is 30.8 Å². The lowest BCUT2D eigenvalue weighted by molar-refractivity contribution is -0.142. The smallest absolute Gasteiger partial charge is 0.319 e. The number of aromatic nitrogens is 4. The van der Waals surface area contributed by atoms with E-state index in [-0.39, 0.29) is 24.7 Å². The highest BCUT2D eigenvalue weighted by molar-refractivity contribution is 8.00. The Morgan fingerprint density at radius 2 is 2.38 bits per heavy atom. The minimum absolute atomic E-state index is 0.104. The molecule has 0 aliphatic heterocycles. The van der Waals surface area contributed by atoms with Crippen LogP contribution in [0.5, 0.6) is 0 Å². The van der Waals surface area contributed by atoms with E-state index in [2.05, 4.69) is 15.1 Å². The van der Waals surface area contributed by atoms with Crippen molar-refractivity contribution >= 4 is 28.8 Å². The molecule has 2 aromatic rings. The van der Waals surface area contributed by atoms with Gasteiger partial charge in [0.15, 0.2) is 10.8 Å². The van der Waals surface area contributed by atoms with E-state index in [1.54, 1.807) is 13.8 Å². The van der Waals surface area contributed by atoms with Crippen LogP contribution in [0.3, 0.4) is 0 Å². The molecule has 1 unspecified atom stereocenters. The minimum atomic E-state index is -0.486. The molecule has 114 valence electrons. The van der Waals surface area contributed by atoms with Crippen LogP contribution < -0.4 is 5.56 Å². The van der Waals surface area contributed by atoms with Gasteiger partial charge in [-0.15, -0.1) is 0 Å². The molecule has 0 aromatic carbocycles. The number of carbonyl (C=O) groups is 1. The zero-order valence-corrected chi connectivity index (χ0v) is 12.5. The predicted octanol–water partition coefficient (Wildman–Crippen LogP) is 0.156. The maximum atomic E-state index is 12.0. The third-order valence-electron chi connectivity index (χ3n) is 2.70. The SMILES string of the molecule is CCOC(=O)C(C)Sc1nc2c(cnn2CCO)c(=O)[nH]1. The minimum Gasteiger partial charge on any atom is -0.465 e. The summed E-state index contributed by atoms with van der Waals surface area (Å²) in [5.74, 6) is -0.367. The van der Waals surface area contributed by atoms with Crippen molar-refractivity contribution in [3.8, 4) is 0 Å². The molecule has 21 heavy (non-hydrogen) atoms. The molecule has 8 nitrogen and oxygen atoms in total. The Morgan fingerprint density at radius 3 is 3.05 bits per heavy atom. The molecular weight excluding hydrogens is 296 g/mol. The van der Waals surface area contributed by atoms with Gasteiger partial charge in [0, 0.05) is 0 Å². The molecule has 9 heteroatoms. The number of ether oxygens (including phenoxy) is 1. The number of thioether (sulfide) groups is 1. The van der Waals surface area contributed by atoms with Gasteiger partial charge in [-0.05, 0) is 13.8 Å². The first-order chi connectivity index (χ1) is 10.1. The fourth-order valence-electron chi connectivity index (χ4n) is 1.73. The van der Waals surface area contributed by atoms with Crippen LogP contribution in [0.15, 0.2) is 16.1 Å². The molecule has 0 amide bonds. The lowest BCUT2D eigenvalue weighted by atomic mass is 10.4. The fraction of sp³-hybridized carbons (Fsp3) is 0.500. The normalized spacial score (nSPS) is 12.5. The van der Waals surface area contributed by atoms with Gasteiger partial charge in [-0.25, -0.2) is 9.67 Å². The molecule has 2 rings (SSSR count). The van der Waals surface area contributed by atoms with Crippen LogP contribution in [0.1, 0.15) is 13.8 Å². The van der Waals surface area contributed by atoms with E-state index in [1.165, 1.54) is 10.9 Å². The summed E-state index contributed by atoms with van der Waals surface area (Å²) in [5.41, 5.74) is 0.0501. The molecule has 0 aliphatic carbocycles. The van der Waals surface area contributed by atoms with Crippen molar-refractivity contribution in [2.24, 2.45) is 0 Å². The number of aliphatic hydroxyl groups is 1. The second-order valence-electron chi connectivity index (χ2n) is 4.21. The van der Waals surface area contributed by atoms with Crippen LogP contribution >= 0.6 is 11.8 Å². The van der Waals surface area contributed by atoms with Gasteiger partial charge in [0.2, 0.25) is 0 Å². The number of nitrogens with one attached hydrogen (secondary N) is 1. The number of hydrogen-bond acceptors (Lipinski definition) is 7. The zero-order chi connectivity index (χ0) is 15.4. The summed E-state index contributed by atoms with van der Waals surface area (Å²) in [7, 11) is 0. The van der Waals surface area contributed by atoms with E-state index >= 15 is 0 Å². The maximum Gasteiger partial charge on any atom is 0.319 e. The molecule has 0 fully saturated rings. The summed E-state index contributed by atoms with van der Waals surface area (Å²) in [6.07, 6.45) is 1.40. The number of fused-ring (bicyclic) bond motifs is 1. The lowest BCUT2D eigenvalue weighted by Gasteiger charge is -2.09. The highest BCUT2D eigenvalue weighted by Crippen LogP contribution is 2.20. The molecular formula is C12H16N4O4S. The predicted molar refractivity (Wildman–Crippen MR) is 77.2 cm³/mol. The second kappa shape index (κ2) is 6.72. The molecule has 1 atom stereocenters. The van der Waals surface area contributed by atoms with Crippen LogP contribution in [0.2, 0.25) is 0 Å². The number of esters is 1. The second-order valence-corrected chi connectivity index (χ2v) is 5.54. The summed E-state index contributed by atoms with van der Waals surface area (Å²) in [6.45, 7) is 3.85. The highest BCUT2D eigenvalue weighted by Gasteiger charge is 2.18. The Hall–Kier alpha value is -1.87. The highest BCUT2D eigenvalue weighted by atomic mass is 32.2. The molecule has 2 heterocycles. The summed E-state index contributed by atoms with van der Waals surface area (Å²) in [6, 6.07) is 0. The molecule has 0 saturated heterocycles. The number of H-pyrrole nitrogens is 1. The Bertz CT molecular complexity index is 696. The number of carbonyl (C=O) groups excluding carboxylic acids is 1. The van der Waals surface area contributed by atoms with Crippen molar-refractivity contribution in [3.05, 3.63) is 16.6 Å². The van der Waals surface area contributed by atoms with E-state index in [9.17, 15) is 9.59 Å². The van der Waals surface area contributed by atoms with E-state index in [1.807, 2.05) is 0 Å². The molecule has 2 N–H and O–H groups in total. The van der Waals surface area contributed by atoms with Crippen LogP contribution in [0.25, 0.3) is 11.0 Å². The third-order valence-corrected chi connectivity index (χ3v) is 3.67. The van der Waals surface area contributed by atoms with Crippen molar-refractivity contribution in [1.29, 1.82) is 0 Å². The Kier molecular flexibility index (Phi) is 4.97. The summed E-state index contributed by atoms with van der Waals surface area (Å²) < 4.78 is 6.36. The summed E-state index contributed by atoms with van der Waals surface area (Å²) >= 11 is 1.11. The van der Waals surface area contributed by atoms with Crippen LogP contribution in [0, 0.1) is 0 Å². The number of nitrogens with zero attached hydrogens (tertiary/aromatic N) is 3. The Labute approximate surface area is 124 Å². The van der Waals surface area contributed by atoms with Crippen LogP contribution in [0.4, 0.5) is 0 Å². The number of rotatable bonds is 6. The van der Waals surface area contributed by atoms with E-state index in [0.29, 0.717) is 22.8 Å². The first-order valence-corrected chi connectivity index (χ1v) is 7.34. The summed E-state index contributed by atoms with van der Waals surface area (Å²) in [5, 5.41) is 13.1. The first kappa shape index (κ1) is 15.5. The molecule has 2 aromatic heterocycles. The third kappa shape index (κ3) is 3.42. The molecule has 0 aliphatic rings. The van der Waals surface area contributed by atoms with E-state index in [4.69, 9.17) is 9.84 Å². The van der Waals surface area contributed by atoms with Gasteiger partial charge < -0.3 is 14.8 Å². The van der Waals surface area contributed by atoms with Crippen LogP contribution in [-0.4, -0.2) is 49.3 Å². The molecule has 0 spiro atoms. The van der Waals surface area contributed by atoms with Crippen molar-refractivity contribution in [1.82, 2.24) is 19.7 Å². The van der Waals surface area contributed by atoms with Gasteiger partial charge >= 0.3 is 5.97 Å². The van der Waals surface area contributed by atoms with Gasteiger partial charge in [-0.2, -0.15) is 5.10 Å². The maximum absolute atomic E-state index is 12.0. The van der Waals surface area contributed by atoms with E-state index in [0.717, 1.165) is 11.8 Å². The number of aliphatic hydroxyl groups excluding tert-OH is 1. The van der Waals surface area contributed by atoms with Gasteiger partial charge in [0.05, 0.1) is 26.0 Å². The Morgan fingerprint density at radius 1 is 1.62 bits per heavy atom.